The number of ether oxygens (including phenoxy) is 1. The maximum absolute atomic E-state index is 14.3. The number of nitrogens with one attached hydrogen (secondary N) is 1. The summed E-state index contributed by atoms with van der Waals surface area (Å²) in [5, 5.41) is 6.95. The quantitative estimate of drug-likeness (QED) is 0.879. The summed E-state index contributed by atoms with van der Waals surface area (Å²) in [5.41, 5.74) is 0.633. The Hall–Kier alpha value is -1.54. The van der Waals surface area contributed by atoms with Gasteiger partial charge in [-0.25, -0.2) is 8.78 Å². The molecule has 2 saturated heterocycles. The molecule has 1 atom stereocenters. The zero-order valence-corrected chi connectivity index (χ0v) is 14.1. The first-order valence-corrected chi connectivity index (χ1v) is 8.23. The highest BCUT2D eigenvalue weighted by atomic mass is 19.3. The Morgan fingerprint density at radius 3 is 2.88 bits per heavy atom. The van der Waals surface area contributed by atoms with Crippen LogP contribution in [-0.4, -0.2) is 71.7 Å². The van der Waals surface area contributed by atoms with Gasteiger partial charge in [-0.3, -0.25) is 14.8 Å². The van der Waals surface area contributed by atoms with E-state index in [0.717, 1.165) is 11.4 Å². The van der Waals surface area contributed by atoms with Gasteiger partial charge in [-0.15, -0.1) is 0 Å². The molecular formula is C16H24F2N4O2. The standard InChI is InChI=1S/C16H24F2N4O2/c1-12-7-13(20-19-12)8-21-10-15(9-16(17,18)11-21)3-4-22(14(15)23)5-6-24-2/h7H,3-6,8-11H2,1-2H3,(H,19,20). The summed E-state index contributed by atoms with van der Waals surface area (Å²) in [6.07, 6.45) is 0.111. The first-order chi connectivity index (χ1) is 11.3. The van der Waals surface area contributed by atoms with Crippen LogP contribution >= 0.6 is 0 Å². The van der Waals surface area contributed by atoms with Gasteiger partial charge in [0, 0.05) is 45.4 Å². The van der Waals surface area contributed by atoms with Gasteiger partial charge in [0.05, 0.1) is 24.3 Å². The van der Waals surface area contributed by atoms with Gasteiger partial charge in [0.2, 0.25) is 5.91 Å². The van der Waals surface area contributed by atoms with Crippen molar-refractivity contribution in [2.24, 2.45) is 5.41 Å². The lowest BCUT2D eigenvalue weighted by Crippen LogP contribution is -2.55. The number of piperidine rings is 1. The molecule has 0 bridgehead atoms. The molecular weight excluding hydrogens is 318 g/mol. The number of likely N-dealkylation sites (tertiary alicyclic amines) is 2. The number of aryl methyl sites for hydroxylation is 1. The molecule has 1 N–H and O–H groups in total. The minimum atomic E-state index is -2.86. The molecule has 0 aliphatic carbocycles. The lowest BCUT2D eigenvalue weighted by Gasteiger charge is -2.42. The van der Waals surface area contributed by atoms with Crippen LogP contribution in [0.1, 0.15) is 24.2 Å². The molecule has 0 radical (unpaired) electrons. The molecule has 1 spiro atoms. The van der Waals surface area contributed by atoms with Crippen LogP contribution < -0.4 is 0 Å². The van der Waals surface area contributed by atoms with Crippen molar-refractivity contribution < 1.29 is 18.3 Å². The fraction of sp³-hybridized carbons (Fsp3) is 0.750. The fourth-order valence-corrected chi connectivity index (χ4v) is 3.93. The highest BCUT2D eigenvalue weighted by Crippen LogP contribution is 2.45. The van der Waals surface area contributed by atoms with Crippen molar-refractivity contribution in [2.45, 2.75) is 32.2 Å². The molecule has 1 aromatic heterocycles. The van der Waals surface area contributed by atoms with Crippen molar-refractivity contribution >= 4 is 5.91 Å². The molecule has 8 heteroatoms. The van der Waals surface area contributed by atoms with Gasteiger partial charge in [0.25, 0.3) is 5.92 Å². The summed E-state index contributed by atoms with van der Waals surface area (Å²) in [6.45, 7) is 3.64. The van der Waals surface area contributed by atoms with Crippen LogP contribution in [0, 0.1) is 12.3 Å². The summed E-state index contributed by atoms with van der Waals surface area (Å²) in [4.78, 5) is 16.1. The number of alkyl halides is 2. The Labute approximate surface area is 140 Å². The van der Waals surface area contributed by atoms with Crippen molar-refractivity contribution in [3.63, 3.8) is 0 Å². The minimum Gasteiger partial charge on any atom is -0.383 e. The van der Waals surface area contributed by atoms with Gasteiger partial charge >= 0.3 is 0 Å². The third kappa shape index (κ3) is 3.44. The number of methoxy groups -OCH3 is 1. The third-order valence-electron chi connectivity index (χ3n) is 4.89. The number of amides is 1. The van der Waals surface area contributed by atoms with Crippen molar-refractivity contribution in [3.8, 4) is 0 Å². The topological polar surface area (TPSA) is 61.5 Å². The molecule has 1 amide bonds. The Balaban J connectivity index is 1.74. The second-order valence-corrected chi connectivity index (χ2v) is 7.04. The molecule has 2 aliphatic heterocycles. The van der Waals surface area contributed by atoms with Gasteiger partial charge in [0.1, 0.15) is 0 Å². The predicted molar refractivity (Wildman–Crippen MR) is 83.7 cm³/mol. The number of aromatic amines is 1. The van der Waals surface area contributed by atoms with Crippen molar-refractivity contribution in [1.29, 1.82) is 0 Å². The highest BCUT2D eigenvalue weighted by Gasteiger charge is 2.56. The molecule has 0 saturated carbocycles. The lowest BCUT2D eigenvalue weighted by atomic mass is 9.77. The van der Waals surface area contributed by atoms with E-state index in [4.69, 9.17) is 4.74 Å². The van der Waals surface area contributed by atoms with E-state index in [0.29, 0.717) is 39.2 Å². The number of rotatable bonds is 5. The van der Waals surface area contributed by atoms with Crippen LogP contribution in [0.5, 0.6) is 0 Å². The van der Waals surface area contributed by atoms with E-state index in [1.165, 1.54) is 0 Å². The molecule has 1 unspecified atom stereocenters. The smallest absolute Gasteiger partial charge is 0.261 e. The molecule has 1 aromatic rings. The number of H-pyrrole nitrogens is 1. The number of nitrogens with zero attached hydrogens (tertiary/aromatic N) is 3. The molecule has 2 aliphatic rings. The van der Waals surface area contributed by atoms with E-state index in [2.05, 4.69) is 10.2 Å². The monoisotopic (exact) mass is 342 g/mol. The highest BCUT2D eigenvalue weighted by molar-refractivity contribution is 5.85. The summed E-state index contributed by atoms with van der Waals surface area (Å²) in [5.74, 6) is -3.03. The molecule has 3 heterocycles. The number of hydrogen-bond acceptors (Lipinski definition) is 4. The fourth-order valence-electron chi connectivity index (χ4n) is 3.93. The summed E-state index contributed by atoms with van der Waals surface area (Å²) >= 11 is 0. The van der Waals surface area contributed by atoms with E-state index in [1.54, 1.807) is 16.9 Å². The third-order valence-corrected chi connectivity index (χ3v) is 4.89. The zero-order chi connectivity index (χ0) is 17.4. The van der Waals surface area contributed by atoms with Crippen molar-refractivity contribution in [1.82, 2.24) is 20.0 Å². The van der Waals surface area contributed by atoms with E-state index in [1.807, 2.05) is 13.0 Å². The average Bonchev–Trinajstić information content (AvgIpc) is 3.01. The number of carbonyl (C=O) groups excluding carboxylic acids is 1. The van der Waals surface area contributed by atoms with E-state index in [9.17, 15) is 13.6 Å². The summed E-state index contributed by atoms with van der Waals surface area (Å²) in [6, 6.07) is 1.85. The Morgan fingerprint density at radius 2 is 2.21 bits per heavy atom. The minimum absolute atomic E-state index is 0.165. The number of aromatic nitrogens is 2. The van der Waals surface area contributed by atoms with Crippen LogP contribution in [0.2, 0.25) is 0 Å². The van der Waals surface area contributed by atoms with E-state index < -0.39 is 11.3 Å². The van der Waals surface area contributed by atoms with Gasteiger partial charge in [0.15, 0.2) is 0 Å². The van der Waals surface area contributed by atoms with Crippen molar-refractivity contribution in [2.75, 3.05) is 39.9 Å². The zero-order valence-electron chi connectivity index (χ0n) is 14.1. The number of hydrogen-bond donors (Lipinski definition) is 1. The Morgan fingerprint density at radius 1 is 1.42 bits per heavy atom. The van der Waals surface area contributed by atoms with E-state index >= 15 is 0 Å². The number of halogens is 2. The van der Waals surface area contributed by atoms with Crippen LogP contribution in [-0.2, 0) is 16.1 Å². The summed E-state index contributed by atoms with van der Waals surface area (Å²) in [7, 11) is 1.57. The second kappa shape index (κ2) is 6.40. The molecule has 3 rings (SSSR count). The first-order valence-electron chi connectivity index (χ1n) is 8.23. The normalized spacial score (nSPS) is 27.3. The van der Waals surface area contributed by atoms with Gasteiger partial charge in [-0.2, -0.15) is 5.10 Å². The van der Waals surface area contributed by atoms with Crippen LogP contribution in [0.25, 0.3) is 0 Å². The molecule has 24 heavy (non-hydrogen) atoms. The maximum atomic E-state index is 14.3. The van der Waals surface area contributed by atoms with Crippen LogP contribution in [0.4, 0.5) is 8.78 Å². The van der Waals surface area contributed by atoms with Crippen molar-refractivity contribution in [3.05, 3.63) is 17.5 Å². The SMILES string of the molecule is COCCN1CCC2(CN(Cc3cc(C)[nH]n3)CC(F)(F)C2)C1=O. The summed E-state index contributed by atoms with van der Waals surface area (Å²) < 4.78 is 33.7. The van der Waals surface area contributed by atoms with Gasteiger partial charge in [-0.05, 0) is 19.4 Å². The number of carbonyl (C=O) groups is 1. The Kier molecular flexibility index (Phi) is 4.61. The predicted octanol–water partition coefficient (Wildman–Crippen LogP) is 1.42. The second-order valence-electron chi connectivity index (χ2n) is 7.04. The average molecular weight is 342 g/mol. The van der Waals surface area contributed by atoms with Crippen LogP contribution in [0.15, 0.2) is 6.07 Å². The largest absolute Gasteiger partial charge is 0.383 e. The first kappa shape index (κ1) is 17.3. The van der Waals surface area contributed by atoms with Gasteiger partial charge < -0.3 is 9.64 Å². The van der Waals surface area contributed by atoms with E-state index in [-0.39, 0.29) is 18.9 Å². The molecule has 2 fully saturated rings. The molecule has 134 valence electrons. The van der Waals surface area contributed by atoms with Gasteiger partial charge in [-0.1, -0.05) is 0 Å². The van der Waals surface area contributed by atoms with Crippen LogP contribution in [0.3, 0.4) is 0 Å². The molecule has 6 nitrogen and oxygen atoms in total. The lowest BCUT2D eigenvalue weighted by molar-refractivity contribution is -0.155. The maximum Gasteiger partial charge on any atom is 0.261 e. The molecule has 0 aromatic carbocycles. The Bertz CT molecular complexity index is 607.